The van der Waals surface area contributed by atoms with E-state index < -0.39 is 10.0 Å². The summed E-state index contributed by atoms with van der Waals surface area (Å²) in [6.45, 7) is 1.16. The number of thiophene rings is 1. The van der Waals surface area contributed by atoms with Crippen molar-refractivity contribution in [1.29, 1.82) is 0 Å². The van der Waals surface area contributed by atoms with E-state index in [4.69, 9.17) is 4.74 Å². The molecule has 8 heteroatoms. The summed E-state index contributed by atoms with van der Waals surface area (Å²) in [4.78, 5) is 12.6. The van der Waals surface area contributed by atoms with Crippen molar-refractivity contribution >= 4 is 27.3 Å². The third-order valence-electron chi connectivity index (χ3n) is 2.61. The van der Waals surface area contributed by atoms with Gasteiger partial charge in [0, 0.05) is 31.6 Å². The Bertz CT molecular complexity index is 500. The molecule has 0 fully saturated rings. The van der Waals surface area contributed by atoms with Crippen molar-refractivity contribution in [3.63, 3.8) is 0 Å². The number of hydrogen-bond donors (Lipinski definition) is 1. The standard InChI is InChI=1S/C12H20N2O4S2/c1-18-8-7-14(20(2,16)17)6-5-13-12(15)10-11-4-3-9-19-11/h3-4,9H,5-8,10H2,1-2H3,(H,13,15). The molecule has 1 heterocycles. The molecule has 114 valence electrons. The molecule has 0 saturated carbocycles. The zero-order valence-corrected chi connectivity index (χ0v) is 13.3. The molecule has 1 rings (SSSR count). The first-order chi connectivity index (χ1) is 9.43. The summed E-state index contributed by atoms with van der Waals surface area (Å²) in [5, 5.41) is 4.64. The van der Waals surface area contributed by atoms with Gasteiger partial charge < -0.3 is 10.1 Å². The molecule has 0 aliphatic carbocycles. The molecule has 1 N–H and O–H groups in total. The first kappa shape index (κ1) is 17.1. The zero-order chi connectivity index (χ0) is 15.0. The summed E-state index contributed by atoms with van der Waals surface area (Å²) in [6.07, 6.45) is 1.48. The van der Waals surface area contributed by atoms with Crippen LogP contribution in [0.25, 0.3) is 0 Å². The molecular weight excluding hydrogens is 300 g/mol. The molecule has 0 radical (unpaired) electrons. The highest BCUT2D eigenvalue weighted by Gasteiger charge is 2.16. The van der Waals surface area contributed by atoms with Crippen molar-refractivity contribution in [2.45, 2.75) is 6.42 Å². The summed E-state index contributed by atoms with van der Waals surface area (Å²) in [5.41, 5.74) is 0. The fourth-order valence-corrected chi connectivity index (χ4v) is 3.12. The molecule has 1 amide bonds. The van der Waals surface area contributed by atoms with E-state index in [9.17, 15) is 13.2 Å². The Balaban J connectivity index is 2.34. The Morgan fingerprint density at radius 1 is 1.45 bits per heavy atom. The number of sulfonamides is 1. The van der Waals surface area contributed by atoms with Crippen LogP contribution in [0.5, 0.6) is 0 Å². The van der Waals surface area contributed by atoms with Crippen molar-refractivity contribution in [3.05, 3.63) is 22.4 Å². The lowest BCUT2D eigenvalue weighted by Gasteiger charge is -2.19. The average Bonchev–Trinajstić information content (AvgIpc) is 2.84. The highest BCUT2D eigenvalue weighted by Crippen LogP contribution is 2.08. The molecule has 0 bridgehead atoms. The van der Waals surface area contributed by atoms with Crippen LogP contribution in [0.15, 0.2) is 17.5 Å². The summed E-state index contributed by atoms with van der Waals surface area (Å²) in [5.74, 6) is -0.104. The molecule has 1 aromatic rings. The SMILES string of the molecule is COCCN(CCNC(=O)Cc1cccs1)S(C)(=O)=O. The van der Waals surface area contributed by atoms with Crippen LogP contribution in [0.3, 0.4) is 0 Å². The van der Waals surface area contributed by atoms with Gasteiger partial charge in [-0.25, -0.2) is 8.42 Å². The summed E-state index contributed by atoms with van der Waals surface area (Å²) in [7, 11) is -1.76. The van der Waals surface area contributed by atoms with Crippen LogP contribution in [0.1, 0.15) is 4.88 Å². The molecule has 0 aromatic carbocycles. The molecule has 1 aromatic heterocycles. The topological polar surface area (TPSA) is 75.7 Å². The van der Waals surface area contributed by atoms with Gasteiger partial charge in [0.1, 0.15) is 0 Å². The van der Waals surface area contributed by atoms with E-state index in [1.54, 1.807) is 0 Å². The molecule has 0 spiro atoms. The van der Waals surface area contributed by atoms with Crippen LogP contribution in [-0.4, -0.2) is 58.2 Å². The lowest BCUT2D eigenvalue weighted by molar-refractivity contribution is -0.120. The Morgan fingerprint density at radius 3 is 2.75 bits per heavy atom. The van der Waals surface area contributed by atoms with Gasteiger partial charge in [-0.3, -0.25) is 4.79 Å². The van der Waals surface area contributed by atoms with Crippen LogP contribution in [0, 0.1) is 0 Å². The van der Waals surface area contributed by atoms with Gasteiger partial charge in [0.25, 0.3) is 0 Å². The molecular formula is C12H20N2O4S2. The maximum absolute atomic E-state index is 11.7. The smallest absolute Gasteiger partial charge is 0.225 e. The molecule has 0 atom stereocenters. The second kappa shape index (κ2) is 8.35. The maximum Gasteiger partial charge on any atom is 0.225 e. The minimum atomic E-state index is -3.28. The lowest BCUT2D eigenvalue weighted by atomic mass is 10.3. The van der Waals surface area contributed by atoms with E-state index in [0.29, 0.717) is 19.6 Å². The normalized spacial score (nSPS) is 11.8. The van der Waals surface area contributed by atoms with Crippen molar-refractivity contribution in [2.75, 3.05) is 39.6 Å². The number of hydrogen-bond acceptors (Lipinski definition) is 5. The molecule has 0 aliphatic heterocycles. The Hall–Kier alpha value is -0.960. The average molecular weight is 320 g/mol. The summed E-state index contributed by atoms with van der Waals surface area (Å²) < 4.78 is 29.2. The number of carbonyl (C=O) groups excluding carboxylic acids is 1. The van der Waals surface area contributed by atoms with Gasteiger partial charge in [0.2, 0.25) is 15.9 Å². The number of nitrogens with zero attached hydrogens (tertiary/aromatic N) is 1. The second-order valence-corrected chi connectivity index (χ2v) is 7.28. The third kappa shape index (κ3) is 6.47. The fraction of sp³-hybridized carbons (Fsp3) is 0.583. The fourth-order valence-electron chi connectivity index (χ4n) is 1.59. The Labute approximate surface area is 123 Å². The van der Waals surface area contributed by atoms with Gasteiger partial charge in [-0.2, -0.15) is 4.31 Å². The van der Waals surface area contributed by atoms with Gasteiger partial charge in [-0.05, 0) is 11.4 Å². The quantitative estimate of drug-likeness (QED) is 0.711. The van der Waals surface area contributed by atoms with E-state index in [0.717, 1.165) is 11.1 Å². The lowest BCUT2D eigenvalue weighted by Crippen LogP contribution is -2.40. The predicted octanol–water partition coefficient (Wildman–Crippen LogP) is 0.315. The minimum Gasteiger partial charge on any atom is -0.383 e. The highest BCUT2D eigenvalue weighted by atomic mass is 32.2. The molecule has 0 saturated heterocycles. The highest BCUT2D eigenvalue weighted by molar-refractivity contribution is 7.88. The first-order valence-corrected chi connectivity index (χ1v) is 8.89. The molecule has 6 nitrogen and oxygen atoms in total. The van der Waals surface area contributed by atoms with E-state index >= 15 is 0 Å². The van der Waals surface area contributed by atoms with Gasteiger partial charge in [0.15, 0.2) is 0 Å². The van der Waals surface area contributed by atoms with E-state index in [1.165, 1.54) is 22.8 Å². The van der Waals surface area contributed by atoms with Crippen LogP contribution in [0.4, 0.5) is 0 Å². The number of methoxy groups -OCH3 is 1. The van der Waals surface area contributed by atoms with E-state index in [-0.39, 0.29) is 19.0 Å². The molecule has 0 aliphatic rings. The van der Waals surface area contributed by atoms with Crippen LogP contribution >= 0.6 is 11.3 Å². The Morgan fingerprint density at radius 2 is 2.20 bits per heavy atom. The van der Waals surface area contributed by atoms with Gasteiger partial charge in [-0.1, -0.05) is 6.07 Å². The van der Waals surface area contributed by atoms with Gasteiger partial charge in [-0.15, -0.1) is 11.3 Å². The first-order valence-electron chi connectivity index (χ1n) is 6.16. The largest absolute Gasteiger partial charge is 0.383 e. The third-order valence-corrected chi connectivity index (χ3v) is 4.79. The van der Waals surface area contributed by atoms with Crippen molar-refractivity contribution in [3.8, 4) is 0 Å². The van der Waals surface area contributed by atoms with E-state index in [2.05, 4.69) is 5.32 Å². The van der Waals surface area contributed by atoms with Crippen LogP contribution in [-0.2, 0) is 26.0 Å². The van der Waals surface area contributed by atoms with Crippen molar-refractivity contribution < 1.29 is 17.9 Å². The second-order valence-electron chi connectivity index (χ2n) is 4.26. The molecule has 0 unspecified atom stereocenters. The summed E-state index contributed by atoms with van der Waals surface area (Å²) in [6, 6.07) is 3.79. The number of carbonyl (C=O) groups is 1. The Kier molecular flexibility index (Phi) is 7.14. The number of rotatable bonds is 9. The van der Waals surface area contributed by atoms with E-state index in [1.807, 2.05) is 17.5 Å². The van der Waals surface area contributed by atoms with Gasteiger partial charge >= 0.3 is 0 Å². The maximum atomic E-state index is 11.7. The van der Waals surface area contributed by atoms with Crippen molar-refractivity contribution in [2.24, 2.45) is 0 Å². The summed E-state index contributed by atoms with van der Waals surface area (Å²) >= 11 is 1.52. The monoisotopic (exact) mass is 320 g/mol. The number of amides is 1. The van der Waals surface area contributed by atoms with Crippen LogP contribution < -0.4 is 5.32 Å². The predicted molar refractivity (Wildman–Crippen MR) is 79.3 cm³/mol. The van der Waals surface area contributed by atoms with Gasteiger partial charge in [0.05, 0.1) is 19.3 Å². The number of nitrogens with one attached hydrogen (secondary N) is 1. The molecule has 20 heavy (non-hydrogen) atoms. The number of ether oxygens (including phenoxy) is 1. The van der Waals surface area contributed by atoms with Crippen LogP contribution in [0.2, 0.25) is 0 Å². The minimum absolute atomic E-state index is 0.104. The zero-order valence-electron chi connectivity index (χ0n) is 11.7. The van der Waals surface area contributed by atoms with Crippen molar-refractivity contribution in [1.82, 2.24) is 9.62 Å².